The first-order valence-corrected chi connectivity index (χ1v) is 8.27. The first-order valence-electron chi connectivity index (χ1n) is 8.27. The molecule has 0 N–H and O–H groups in total. The molecule has 25 heavy (non-hydrogen) atoms. The Balaban J connectivity index is 1.55. The maximum Gasteiger partial charge on any atom is 0.401 e. The Labute approximate surface area is 144 Å². The summed E-state index contributed by atoms with van der Waals surface area (Å²) in [6, 6.07) is 9.16. The number of anilines is 1. The van der Waals surface area contributed by atoms with Crippen LogP contribution in [0, 0.1) is 5.92 Å². The fraction of sp³-hybridized carbons (Fsp3) is 0.529. The van der Waals surface area contributed by atoms with E-state index in [2.05, 4.69) is 0 Å². The number of nitrogens with zero attached hydrogens (tertiary/aromatic N) is 3. The molecule has 1 unspecified atom stereocenters. The molecule has 2 heterocycles. The number of carbonyl (C=O) groups is 2. The number of rotatable bonds is 3. The van der Waals surface area contributed by atoms with Gasteiger partial charge < -0.3 is 9.80 Å². The number of piperazine rings is 1. The minimum atomic E-state index is -4.22. The molecule has 3 rings (SSSR count). The molecule has 2 fully saturated rings. The summed E-state index contributed by atoms with van der Waals surface area (Å²) in [4.78, 5) is 29.3. The first kappa shape index (κ1) is 17.7. The van der Waals surface area contributed by atoms with Gasteiger partial charge in [-0.3, -0.25) is 14.5 Å². The van der Waals surface area contributed by atoms with Crippen LogP contribution in [-0.4, -0.2) is 67.1 Å². The predicted octanol–water partition coefficient (Wildman–Crippen LogP) is 1.75. The molecule has 0 spiro atoms. The van der Waals surface area contributed by atoms with Crippen molar-refractivity contribution >= 4 is 17.5 Å². The van der Waals surface area contributed by atoms with Crippen molar-refractivity contribution in [1.82, 2.24) is 9.80 Å². The van der Waals surface area contributed by atoms with E-state index in [-0.39, 0.29) is 44.4 Å². The van der Waals surface area contributed by atoms with Gasteiger partial charge in [0.1, 0.15) is 0 Å². The van der Waals surface area contributed by atoms with E-state index in [4.69, 9.17) is 0 Å². The Morgan fingerprint density at radius 1 is 1.08 bits per heavy atom. The molecule has 5 nitrogen and oxygen atoms in total. The van der Waals surface area contributed by atoms with Crippen molar-refractivity contribution in [3.05, 3.63) is 30.3 Å². The van der Waals surface area contributed by atoms with Crippen LogP contribution >= 0.6 is 0 Å². The van der Waals surface area contributed by atoms with Crippen LogP contribution in [-0.2, 0) is 9.59 Å². The molecule has 1 aromatic carbocycles. The van der Waals surface area contributed by atoms with E-state index >= 15 is 0 Å². The fourth-order valence-corrected chi connectivity index (χ4v) is 3.37. The third-order valence-electron chi connectivity index (χ3n) is 4.63. The van der Waals surface area contributed by atoms with Crippen molar-refractivity contribution in [2.45, 2.75) is 12.6 Å². The number of hydrogen-bond acceptors (Lipinski definition) is 3. The Morgan fingerprint density at radius 2 is 1.72 bits per heavy atom. The highest BCUT2D eigenvalue weighted by atomic mass is 19.4. The lowest BCUT2D eigenvalue weighted by Gasteiger charge is -2.36. The van der Waals surface area contributed by atoms with Crippen LogP contribution in [0.2, 0.25) is 0 Å². The van der Waals surface area contributed by atoms with Gasteiger partial charge in [-0.2, -0.15) is 13.2 Å². The number of hydrogen-bond donors (Lipinski definition) is 0. The minimum absolute atomic E-state index is 0.0970. The van der Waals surface area contributed by atoms with E-state index < -0.39 is 18.6 Å². The standard InChI is InChI=1S/C17H20F3N3O2/c18-17(19,20)12-21-6-8-22(9-7-21)16(25)13-10-15(24)23(11-13)14-4-2-1-3-5-14/h1-5,13H,6-12H2. The Bertz CT molecular complexity index is 628. The monoisotopic (exact) mass is 355 g/mol. The SMILES string of the molecule is O=C(C1CC(=O)N(c2ccccc2)C1)N1CCN(CC(F)(F)F)CC1. The molecule has 2 amide bonds. The third kappa shape index (κ3) is 4.31. The number of carbonyl (C=O) groups excluding carboxylic acids is 2. The quantitative estimate of drug-likeness (QED) is 0.830. The average Bonchev–Trinajstić information content (AvgIpc) is 2.96. The van der Waals surface area contributed by atoms with E-state index in [0.29, 0.717) is 6.54 Å². The topological polar surface area (TPSA) is 43.9 Å². The van der Waals surface area contributed by atoms with Crippen LogP contribution in [0.15, 0.2) is 30.3 Å². The van der Waals surface area contributed by atoms with Crippen molar-refractivity contribution in [3.8, 4) is 0 Å². The Hall–Kier alpha value is -2.09. The minimum Gasteiger partial charge on any atom is -0.340 e. The lowest BCUT2D eigenvalue weighted by molar-refractivity contribution is -0.152. The smallest absolute Gasteiger partial charge is 0.340 e. The van der Waals surface area contributed by atoms with Gasteiger partial charge in [-0.05, 0) is 12.1 Å². The van der Waals surface area contributed by atoms with Crippen molar-refractivity contribution in [2.75, 3.05) is 44.2 Å². The van der Waals surface area contributed by atoms with Gasteiger partial charge >= 0.3 is 6.18 Å². The van der Waals surface area contributed by atoms with Crippen LogP contribution in [0.3, 0.4) is 0 Å². The summed E-state index contributed by atoms with van der Waals surface area (Å²) in [5.74, 6) is -0.666. The molecular weight excluding hydrogens is 335 g/mol. The van der Waals surface area contributed by atoms with Gasteiger partial charge in [-0.15, -0.1) is 0 Å². The number of benzene rings is 1. The normalized spacial score (nSPS) is 22.5. The molecule has 136 valence electrons. The molecule has 1 atom stereocenters. The number of amides is 2. The van der Waals surface area contributed by atoms with Crippen molar-refractivity contribution in [1.29, 1.82) is 0 Å². The number of halogens is 3. The molecule has 8 heteroatoms. The molecule has 0 aliphatic carbocycles. The lowest BCUT2D eigenvalue weighted by atomic mass is 10.1. The average molecular weight is 355 g/mol. The molecule has 0 radical (unpaired) electrons. The Morgan fingerprint density at radius 3 is 2.32 bits per heavy atom. The summed E-state index contributed by atoms with van der Waals surface area (Å²) in [7, 11) is 0. The second-order valence-electron chi connectivity index (χ2n) is 6.46. The zero-order valence-corrected chi connectivity index (χ0v) is 13.7. The summed E-state index contributed by atoms with van der Waals surface area (Å²) in [6.07, 6.45) is -4.07. The molecule has 0 saturated carbocycles. The van der Waals surface area contributed by atoms with E-state index in [0.717, 1.165) is 5.69 Å². The summed E-state index contributed by atoms with van der Waals surface area (Å²) in [5.41, 5.74) is 0.762. The van der Waals surface area contributed by atoms with Gasteiger partial charge in [-0.1, -0.05) is 18.2 Å². The van der Waals surface area contributed by atoms with Gasteiger partial charge in [0.25, 0.3) is 0 Å². The van der Waals surface area contributed by atoms with Crippen LogP contribution < -0.4 is 4.90 Å². The van der Waals surface area contributed by atoms with Gasteiger partial charge in [-0.25, -0.2) is 0 Å². The zero-order chi connectivity index (χ0) is 18.0. The van der Waals surface area contributed by atoms with Crippen LogP contribution in [0.5, 0.6) is 0 Å². The molecule has 0 bridgehead atoms. The van der Waals surface area contributed by atoms with Crippen molar-refractivity contribution < 1.29 is 22.8 Å². The van der Waals surface area contributed by atoms with Gasteiger partial charge in [0, 0.05) is 44.8 Å². The maximum atomic E-state index is 12.6. The van der Waals surface area contributed by atoms with E-state index in [9.17, 15) is 22.8 Å². The molecule has 0 aromatic heterocycles. The van der Waals surface area contributed by atoms with Crippen LogP contribution in [0.1, 0.15) is 6.42 Å². The molecular formula is C17H20F3N3O2. The highest BCUT2D eigenvalue weighted by molar-refractivity contribution is 6.00. The van der Waals surface area contributed by atoms with Gasteiger partial charge in [0.2, 0.25) is 11.8 Å². The maximum absolute atomic E-state index is 12.6. The molecule has 1 aromatic rings. The molecule has 2 saturated heterocycles. The van der Waals surface area contributed by atoms with Gasteiger partial charge in [0.05, 0.1) is 12.5 Å². The van der Waals surface area contributed by atoms with E-state index in [1.807, 2.05) is 30.3 Å². The van der Waals surface area contributed by atoms with Gasteiger partial charge in [0.15, 0.2) is 0 Å². The zero-order valence-electron chi connectivity index (χ0n) is 13.7. The highest BCUT2D eigenvalue weighted by Gasteiger charge is 2.39. The highest BCUT2D eigenvalue weighted by Crippen LogP contribution is 2.26. The molecule has 2 aliphatic heterocycles. The summed E-state index contributed by atoms with van der Waals surface area (Å²) in [5, 5.41) is 0. The summed E-state index contributed by atoms with van der Waals surface area (Å²) >= 11 is 0. The first-order chi connectivity index (χ1) is 11.8. The number of para-hydroxylation sites is 1. The van der Waals surface area contributed by atoms with Crippen molar-refractivity contribution in [3.63, 3.8) is 0 Å². The predicted molar refractivity (Wildman–Crippen MR) is 86.0 cm³/mol. The second kappa shape index (κ2) is 7.03. The van der Waals surface area contributed by atoms with Crippen LogP contribution in [0.4, 0.5) is 18.9 Å². The van der Waals surface area contributed by atoms with E-state index in [1.165, 1.54) is 4.90 Å². The van der Waals surface area contributed by atoms with Crippen molar-refractivity contribution in [2.24, 2.45) is 5.92 Å². The summed E-state index contributed by atoms with van der Waals surface area (Å²) < 4.78 is 37.3. The lowest BCUT2D eigenvalue weighted by Crippen LogP contribution is -2.52. The molecule has 2 aliphatic rings. The third-order valence-corrected chi connectivity index (χ3v) is 4.63. The summed E-state index contributed by atoms with van der Waals surface area (Å²) in [6.45, 7) is 0.321. The largest absolute Gasteiger partial charge is 0.401 e. The second-order valence-corrected chi connectivity index (χ2v) is 6.46. The Kier molecular flexibility index (Phi) is 4.99. The fourth-order valence-electron chi connectivity index (χ4n) is 3.37. The van der Waals surface area contributed by atoms with Crippen LogP contribution in [0.25, 0.3) is 0 Å². The number of alkyl halides is 3. The van der Waals surface area contributed by atoms with E-state index in [1.54, 1.807) is 9.80 Å².